The average Bonchev–Trinajstić information content (AvgIpc) is 3.33. The first-order valence-corrected chi connectivity index (χ1v) is 8.85. The van der Waals surface area contributed by atoms with E-state index < -0.39 is 12.2 Å². The van der Waals surface area contributed by atoms with Gasteiger partial charge in [-0.05, 0) is 38.8 Å². The van der Waals surface area contributed by atoms with Crippen molar-refractivity contribution in [2.45, 2.75) is 38.9 Å². The van der Waals surface area contributed by atoms with Crippen LogP contribution >= 0.6 is 0 Å². The van der Waals surface area contributed by atoms with Crippen LogP contribution in [0.5, 0.6) is 0 Å². The largest absolute Gasteiger partial charge is 0.408 e. The highest BCUT2D eigenvalue weighted by molar-refractivity contribution is 5.65. The SMILES string of the molecule is Cc1cnc(C)n2nc(C=Cc3nc(N4CCCC4C(F)(F)F)nn3C)nc12. The molecule has 0 spiro atoms. The van der Waals surface area contributed by atoms with Crippen LogP contribution in [0, 0.1) is 13.8 Å². The Morgan fingerprint density at radius 2 is 1.93 bits per heavy atom. The molecule has 1 fully saturated rings. The van der Waals surface area contributed by atoms with E-state index in [1.54, 1.807) is 29.9 Å². The Balaban J connectivity index is 1.61. The van der Waals surface area contributed by atoms with Gasteiger partial charge in [-0.2, -0.15) is 22.7 Å². The first-order valence-electron chi connectivity index (χ1n) is 8.85. The first kappa shape index (κ1) is 18.4. The van der Waals surface area contributed by atoms with Crippen LogP contribution in [-0.2, 0) is 7.05 Å². The van der Waals surface area contributed by atoms with E-state index in [4.69, 9.17) is 0 Å². The molecule has 0 amide bonds. The number of alkyl halides is 3. The van der Waals surface area contributed by atoms with Gasteiger partial charge in [-0.25, -0.2) is 14.6 Å². The maximum absolute atomic E-state index is 13.2. The summed E-state index contributed by atoms with van der Waals surface area (Å²) in [7, 11) is 1.64. The molecule has 0 aromatic carbocycles. The third kappa shape index (κ3) is 3.20. The smallest absolute Gasteiger partial charge is 0.327 e. The van der Waals surface area contributed by atoms with Gasteiger partial charge < -0.3 is 4.90 Å². The lowest BCUT2D eigenvalue weighted by molar-refractivity contribution is -0.146. The van der Waals surface area contributed by atoms with Crippen molar-refractivity contribution in [3.05, 3.63) is 29.2 Å². The van der Waals surface area contributed by atoms with E-state index in [0.29, 0.717) is 29.5 Å². The van der Waals surface area contributed by atoms with Crippen LogP contribution in [0.15, 0.2) is 6.20 Å². The summed E-state index contributed by atoms with van der Waals surface area (Å²) in [6.07, 6.45) is 1.26. The van der Waals surface area contributed by atoms with E-state index in [1.165, 1.54) is 9.58 Å². The zero-order valence-corrected chi connectivity index (χ0v) is 15.6. The number of anilines is 1. The summed E-state index contributed by atoms with van der Waals surface area (Å²) in [5.41, 5.74) is 1.60. The third-order valence-corrected chi connectivity index (χ3v) is 4.78. The zero-order chi connectivity index (χ0) is 20.1. The quantitative estimate of drug-likeness (QED) is 0.682. The van der Waals surface area contributed by atoms with E-state index in [2.05, 4.69) is 25.1 Å². The molecule has 8 nitrogen and oxygen atoms in total. The van der Waals surface area contributed by atoms with Gasteiger partial charge in [0.1, 0.15) is 11.9 Å². The average molecular weight is 392 g/mol. The molecule has 11 heteroatoms. The molecule has 1 saturated heterocycles. The minimum Gasteiger partial charge on any atom is -0.327 e. The summed E-state index contributed by atoms with van der Waals surface area (Å²) in [6, 6.07) is -1.54. The fourth-order valence-electron chi connectivity index (χ4n) is 3.33. The highest BCUT2D eigenvalue weighted by atomic mass is 19.4. The molecule has 0 radical (unpaired) electrons. The molecule has 0 aliphatic carbocycles. The summed E-state index contributed by atoms with van der Waals surface area (Å²) < 4.78 is 42.7. The number of nitrogens with zero attached hydrogens (tertiary/aromatic N) is 8. The molecule has 0 saturated carbocycles. The molecule has 0 N–H and O–H groups in total. The van der Waals surface area contributed by atoms with Gasteiger partial charge in [-0.15, -0.1) is 10.2 Å². The third-order valence-electron chi connectivity index (χ3n) is 4.78. The molecule has 3 aromatic rings. The van der Waals surface area contributed by atoms with Crippen LogP contribution in [0.2, 0.25) is 0 Å². The second-order valence-corrected chi connectivity index (χ2v) is 6.81. The van der Waals surface area contributed by atoms with E-state index in [9.17, 15) is 13.2 Å². The Labute approximate surface area is 158 Å². The van der Waals surface area contributed by atoms with Gasteiger partial charge in [0.05, 0.1) is 0 Å². The van der Waals surface area contributed by atoms with Crippen molar-refractivity contribution in [2.75, 3.05) is 11.4 Å². The Hall–Kier alpha value is -2.98. The Morgan fingerprint density at radius 3 is 2.64 bits per heavy atom. The predicted molar refractivity (Wildman–Crippen MR) is 96.6 cm³/mol. The van der Waals surface area contributed by atoms with Crippen molar-refractivity contribution in [1.82, 2.24) is 34.3 Å². The van der Waals surface area contributed by atoms with E-state index in [-0.39, 0.29) is 18.9 Å². The number of fused-ring (bicyclic) bond motifs is 1. The molecule has 4 rings (SSSR count). The fraction of sp³-hybridized carbons (Fsp3) is 0.471. The molecule has 1 atom stereocenters. The fourth-order valence-corrected chi connectivity index (χ4v) is 3.33. The Bertz CT molecular complexity index is 1010. The second kappa shape index (κ2) is 6.57. The molecule has 1 unspecified atom stereocenters. The molecule has 0 bridgehead atoms. The van der Waals surface area contributed by atoms with E-state index in [0.717, 1.165) is 5.56 Å². The second-order valence-electron chi connectivity index (χ2n) is 6.81. The van der Waals surface area contributed by atoms with Gasteiger partial charge in [-0.3, -0.25) is 0 Å². The molecule has 148 valence electrons. The zero-order valence-electron chi connectivity index (χ0n) is 15.6. The van der Waals surface area contributed by atoms with Crippen molar-refractivity contribution >= 4 is 23.7 Å². The lowest BCUT2D eigenvalue weighted by Crippen LogP contribution is -2.41. The van der Waals surface area contributed by atoms with Crippen LogP contribution < -0.4 is 4.90 Å². The predicted octanol–water partition coefficient (Wildman–Crippen LogP) is 2.57. The van der Waals surface area contributed by atoms with Gasteiger partial charge in [0, 0.05) is 25.4 Å². The molecule has 4 heterocycles. The van der Waals surface area contributed by atoms with Crippen LogP contribution in [0.1, 0.15) is 35.9 Å². The minimum atomic E-state index is -4.30. The topological polar surface area (TPSA) is 77.0 Å². The highest BCUT2D eigenvalue weighted by Crippen LogP contribution is 2.34. The van der Waals surface area contributed by atoms with Crippen molar-refractivity contribution in [2.24, 2.45) is 7.05 Å². The monoisotopic (exact) mass is 392 g/mol. The van der Waals surface area contributed by atoms with E-state index in [1.807, 2.05) is 13.8 Å². The van der Waals surface area contributed by atoms with Gasteiger partial charge in [-0.1, -0.05) is 0 Å². The summed E-state index contributed by atoms with van der Waals surface area (Å²) in [4.78, 5) is 14.2. The van der Waals surface area contributed by atoms with Crippen LogP contribution in [0.3, 0.4) is 0 Å². The standard InChI is InChI=1S/C17H19F3N8/c1-10-9-21-11(2)28-15(10)22-13(24-28)6-7-14-23-16(25-26(14)3)27-8-4-5-12(27)17(18,19)20/h6-7,9,12H,4-5,8H2,1-3H3. The molecule has 3 aromatic heterocycles. The molecular formula is C17H19F3N8. The number of aryl methyl sites for hydroxylation is 3. The van der Waals surface area contributed by atoms with Crippen LogP contribution in [-0.4, -0.2) is 53.1 Å². The molecular weight excluding hydrogens is 373 g/mol. The maximum atomic E-state index is 13.2. The van der Waals surface area contributed by atoms with Crippen LogP contribution in [0.4, 0.5) is 19.1 Å². The number of hydrogen-bond donors (Lipinski definition) is 0. The lowest BCUT2D eigenvalue weighted by Gasteiger charge is -2.25. The van der Waals surface area contributed by atoms with E-state index >= 15 is 0 Å². The number of hydrogen-bond acceptors (Lipinski definition) is 6. The highest BCUT2D eigenvalue weighted by Gasteiger charge is 2.47. The van der Waals surface area contributed by atoms with Crippen molar-refractivity contribution in [1.29, 1.82) is 0 Å². The van der Waals surface area contributed by atoms with Gasteiger partial charge in [0.25, 0.3) is 0 Å². The minimum absolute atomic E-state index is 0.0603. The van der Waals surface area contributed by atoms with Gasteiger partial charge in [0.15, 0.2) is 17.3 Å². The number of rotatable bonds is 3. The van der Waals surface area contributed by atoms with Crippen molar-refractivity contribution < 1.29 is 13.2 Å². The normalized spacial score (nSPS) is 18.1. The number of halogens is 3. The van der Waals surface area contributed by atoms with Crippen LogP contribution in [0.25, 0.3) is 17.8 Å². The van der Waals surface area contributed by atoms with Crippen molar-refractivity contribution in [3.63, 3.8) is 0 Å². The molecule has 1 aliphatic rings. The number of aromatic nitrogens is 7. The summed E-state index contributed by atoms with van der Waals surface area (Å²) >= 11 is 0. The summed E-state index contributed by atoms with van der Waals surface area (Å²) in [5, 5.41) is 8.55. The summed E-state index contributed by atoms with van der Waals surface area (Å²) in [6.45, 7) is 4.01. The first-order chi connectivity index (χ1) is 13.2. The lowest BCUT2D eigenvalue weighted by atomic mass is 10.2. The van der Waals surface area contributed by atoms with Crippen molar-refractivity contribution in [3.8, 4) is 0 Å². The molecule has 1 aliphatic heterocycles. The summed E-state index contributed by atoms with van der Waals surface area (Å²) in [5.74, 6) is 1.67. The van der Waals surface area contributed by atoms with Gasteiger partial charge in [0.2, 0.25) is 5.95 Å². The maximum Gasteiger partial charge on any atom is 0.408 e. The Morgan fingerprint density at radius 1 is 1.14 bits per heavy atom. The Kier molecular flexibility index (Phi) is 4.31. The van der Waals surface area contributed by atoms with Gasteiger partial charge >= 0.3 is 6.18 Å². The molecule has 28 heavy (non-hydrogen) atoms.